The average Bonchev–Trinajstić information content (AvgIpc) is 3.62. The fourth-order valence-corrected chi connectivity index (χ4v) is 7.57. The number of hydrogen-bond acceptors (Lipinski definition) is 7. The monoisotopic (exact) mass is 615 g/mol. The molecule has 3 aromatic rings. The molecule has 2 N–H and O–H groups in total. The number of likely N-dealkylation sites (tertiary alicyclic amines) is 1. The Kier molecular flexibility index (Phi) is 9.02. The van der Waals surface area contributed by atoms with E-state index in [1.165, 1.54) is 28.4 Å². The maximum Gasteiger partial charge on any atom is 0.455 e. The van der Waals surface area contributed by atoms with Gasteiger partial charge < -0.3 is 19.5 Å². The summed E-state index contributed by atoms with van der Waals surface area (Å²) in [7, 11) is -1.07. The Morgan fingerprint density at radius 2 is 1.95 bits per heavy atom. The number of para-hydroxylation sites is 1. The summed E-state index contributed by atoms with van der Waals surface area (Å²) in [6, 6.07) is 17.6. The summed E-state index contributed by atoms with van der Waals surface area (Å²) in [4.78, 5) is 29.9. The van der Waals surface area contributed by atoms with Crippen LogP contribution in [-0.4, -0.2) is 46.7 Å². The lowest BCUT2D eigenvalue weighted by molar-refractivity contribution is -0.140. The first kappa shape index (κ1) is 30.3. The smallest absolute Gasteiger partial charge is 0.455 e. The van der Waals surface area contributed by atoms with Gasteiger partial charge in [-0.3, -0.25) is 14.5 Å². The van der Waals surface area contributed by atoms with Gasteiger partial charge >= 0.3 is 7.12 Å². The molecule has 3 aliphatic rings. The van der Waals surface area contributed by atoms with Gasteiger partial charge in [-0.1, -0.05) is 48.9 Å². The third kappa shape index (κ3) is 6.25. The van der Waals surface area contributed by atoms with Gasteiger partial charge in [0.15, 0.2) is 11.6 Å². The van der Waals surface area contributed by atoms with Crippen LogP contribution in [0, 0.1) is 23.6 Å². The molecule has 0 bridgehead atoms. The van der Waals surface area contributed by atoms with E-state index in [0.29, 0.717) is 30.6 Å². The van der Waals surface area contributed by atoms with Crippen LogP contribution < -0.4 is 4.74 Å². The minimum Gasteiger partial charge on any atom is -0.505 e. The number of phenols is 1. The second-order valence-corrected chi connectivity index (χ2v) is 12.7. The molecule has 3 heterocycles. The Morgan fingerprint density at radius 3 is 2.68 bits per heavy atom. The lowest BCUT2D eigenvalue weighted by Gasteiger charge is -2.43. The molecule has 2 aliphatic heterocycles. The van der Waals surface area contributed by atoms with Crippen LogP contribution in [0.4, 0.5) is 4.39 Å². The predicted molar refractivity (Wildman–Crippen MR) is 167 cm³/mol. The van der Waals surface area contributed by atoms with E-state index in [4.69, 9.17) is 9.39 Å². The molecule has 2 aromatic carbocycles. The Morgan fingerprint density at radius 1 is 1.14 bits per heavy atom. The largest absolute Gasteiger partial charge is 0.505 e. The van der Waals surface area contributed by atoms with Gasteiger partial charge in [0.05, 0.1) is 24.5 Å². The first-order valence-electron chi connectivity index (χ1n) is 15.1. The van der Waals surface area contributed by atoms with Crippen LogP contribution in [0.25, 0.3) is 6.08 Å². The maximum atomic E-state index is 14.0. The summed E-state index contributed by atoms with van der Waals surface area (Å²) < 4.78 is 26.3. The third-order valence-electron chi connectivity index (χ3n) is 8.97. The molecule has 0 saturated carbocycles. The number of fused-ring (bicyclic) bond motifs is 3. The number of imide groups is 1. The van der Waals surface area contributed by atoms with Crippen LogP contribution in [0.15, 0.2) is 82.8 Å². The van der Waals surface area contributed by atoms with Crippen molar-refractivity contribution in [2.45, 2.75) is 51.6 Å². The fourth-order valence-electron chi connectivity index (χ4n) is 6.88. The van der Waals surface area contributed by atoms with Crippen molar-refractivity contribution in [2.24, 2.45) is 17.8 Å². The molecule has 2 fully saturated rings. The van der Waals surface area contributed by atoms with E-state index in [-0.39, 0.29) is 37.2 Å². The summed E-state index contributed by atoms with van der Waals surface area (Å²) in [5, 5.41) is 22.4. The number of halogens is 1. The minimum atomic E-state index is -1.07. The van der Waals surface area contributed by atoms with E-state index in [1.807, 2.05) is 60.8 Å². The van der Waals surface area contributed by atoms with Crippen molar-refractivity contribution in [3.05, 3.63) is 99.0 Å². The number of thiophene rings is 1. The number of phenolic OH excluding ortho intramolecular Hbond substituents is 1. The molecule has 1 aromatic heterocycles. The number of nitrogens with zero attached hydrogens (tertiary/aromatic N) is 1. The zero-order chi connectivity index (χ0) is 30.8. The highest BCUT2D eigenvalue weighted by molar-refractivity contribution is 7.09. The molecule has 228 valence electrons. The Hall–Kier alpha value is -3.73. The number of carbonyl (C=O) groups is 2. The van der Waals surface area contributed by atoms with Crippen molar-refractivity contribution in [3.8, 4) is 11.5 Å². The van der Waals surface area contributed by atoms with Crippen molar-refractivity contribution in [2.75, 3.05) is 6.61 Å². The number of aromatic hydroxyl groups is 1. The van der Waals surface area contributed by atoms with E-state index in [9.17, 15) is 24.1 Å². The highest BCUT2D eigenvalue weighted by atomic mass is 32.1. The van der Waals surface area contributed by atoms with E-state index in [2.05, 4.69) is 0 Å². The molecule has 2 saturated heterocycles. The van der Waals surface area contributed by atoms with Gasteiger partial charge in [-0.2, -0.15) is 0 Å². The van der Waals surface area contributed by atoms with Gasteiger partial charge in [0.2, 0.25) is 11.8 Å². The molecule has 0 unspecified atom stereocenters. The molecule has 10 heteroatoms. The summed E-state index contributed by atoms with van der Waals surface area (Å²) >= 11 is 1.52. The quantitative estimate of drug-likeness (QED) is 0.159. The van der Waals surface area contributed by atoms with Gasteiger partial charge in [0.25, 0.3) is 0 Å². The van der Waals surface area contributed by atoms with Gasteiger partial charge in [-0.05, 0) is 90.3 Å². The van der Waals surface area contributed by atoms with E-state index < -0.39 is 36.6 Å². The minimum absolute atomic E-state index is 0.167. The van der Waals surface area contributed by atoms with Crippen molar-refractivity contribution in [1.82, 2.24) is 4.90 Å². The zero-order valence-electron chi connectivity index (χ0n) is 24.5. The number of benzene rings is 2. The number of amides is 2. The van der Waals surface area contributed by atoms with Crippen LogP contribution in [0.2, 0.25) is 6.32 Å². The first-order chi connectivity index (χ1) is 21.3. The molecule has 44 heavy (non-hydrogen) atoms. The predicted octanol–water partition coefficient (Wildman–Crippen LogP) is 6.24. The highest BCUT2D eigenvalue weighted by Crippen LogP contribution is 2.51. The molecular weight excluding hydrogens is 580 g/mol. The van der Waals surface area contributed by atoms with Crippen molar-refractivity contribution >= 4 is 36.3 Å². The van der Waals surface area contributed by atoms with Crippen LogP contribution >= 0.6 is 11.3 Å². The SMILES string of the molecule is CC/C(=C\c1ccc(O)c(F)c1)CC[C@H]1OB(O)C[C@H]2C1=C(COc1ccccc1)C[C@H]1C(=O)N(Cc3cccs3)C(=O)[C@H]12. The normalized spacial score (nSPS) is 23.7. The zero-order valence-corrected chi connectivity index (χ0v) is 25.3. The summed E-state index contributed by atoms with van der Waals surface area (Å²) in [6.07, 6.45) is 3.94. The van der Waals surface area contributed by atoms with Crippen molar-refractivity contribution in [1.29, 1.82) is 0 Å². The van der Waals surface area contributed by atoms with Crippen molar-refractivity contribution < 1.29 is 33.5 Å². The Balaban J connectivity index is 1.30. The number of ether oxygens (including phenoxy) is 1. The van der Waals surface area contributed by atoms with E-state index >= 15 is 0 Å². The van der Waals surface area contributed by atoms with Gasteiger partial charge in [0.1, 0.15) is 12.4 Å². The molecule has 0 spiro atoms. The number of allylic oxidation sites excluding steroid dienone is 1. The maximum absolute atomic E-state index is 14.0. The van der Waals surface area contributed by atoms with Crippen molar-refractivity contribution in [3.63, 3.8) is 0 Å². The van der Waals surface area contributed by atoms with Crippen LogP contribution in [0.5, 0.6) is 11.5 Å². The molecule has 1 aliphatic carbocycles. The number of carbonyl (C=O) groups excluding carboxylic acids is 2. The molecule has 4 atom stereocenters. The molecule has 7 nitrogen and oxygen atoms in total. The van der Waals surface area contributed by atoms with E-state index in [0.717, 1.165) is 28.0 Å². The lowest BCUT2D eigenvalue weighted by Crippen LogP contribution is -2.46. The number of rotatable bonds is 10. The molecule has 0 radical (unpaired) electrons. The summed E-state index contributed by atoms with van der Waals surface area (Å²) in [6.45, 7) is 2.53. The van der Waals surface area contributed by atoms with Gasteiger partial charge in [-0.25, -0.2) is 4.39 Å². The Labute approximate surface area is 260 Å². The standard InChI is InChI=1S/C34H35BFNO6S/c1-2-21(15-22-10-12-29(38)28(36)16-22)11-13-30-31-23(20-42-24-7-4-3-5-8-24)17-26-32(27(31)18-35(41)43-30)34(40)37(33(26)39)19-25-9-6-14-44-25/h3-10,12,14-16,26-27,30,32,38,41H,2,11,13,17-20H2,1H3/b21-15+/t26-,27+,30-,32-/m1/s1. The highest BCUT2D eigenvalue weighted by Gasteiger charge is 2.57. The fraction of sp³-hybridized carbons (Fsp3) is 0.353. The Bertz CT molecular complexity index is 1580. The van der Waals surface area contributed by atoms with Crippen LogP contribution in [0.1, 0.15) is 43.0 Å². The van der Waals surface area contributed by atoms with Gasteiger partial charge in [-0.15, -0.1) is 11.3 Å². The molecule has 6 rings (SSSR count). The molecular formula is C34H35BFNO6S. The first-order valence-corrected chi connectivity index (χ1v) is 16.0. The van der Waals surface area contributed by atoms with Crippen LogP contribution in [0.3, 0.4) is 0 Å². The second-order valence-electron chi connectivity index (χ2n) is 11.7. The van der Waals surface area contributed by atoms with Crippen LogP contribution in [-0.2, 0) is 20.8 Å². The third-order valence-corrected chi connectivity index (χ3v) is 9.83. The number of hydrogen-bond donors (Lipinski definition) is 2. The van der Waals surface area contributed by atoms with Gasteiger partial charge in [0, 0.05) is 4.88 Å². The second kappa shape index (κ2) is 13.1. The van der Waals surface area contributed by atoms with E-state index in [1.54, 1.807) is 6.07 Å². The summed E-state index contributed by atoms with van der Waals surface area (Å²) in [5.74, 6) is -2.12. The average molecular weight is 616 g/mol. The molecule has 2 amide bonds. The topological polar surface area (TPSA) is 96.3 Å². The summed E-state index contributed by atoms with van der Waals surface area (Å²) in [5.41, 5.74) is 3.61. The lowest BCUT2D eigenvalue weighted by atomic mass is 9.58.